The van der Waals surface area contributed by atoms with Crippen LogP contribution in [-0.2, 0) is 0 Å². The number of hydrogen-bond acceptors (Lipinski definition) is 2. The van der Waals surface area contributed by atoms with Crippen LogP contribution >= 0.6 is 11.8 Å². The van der Waals surface area contributed by atoms with Gasteiger partial charge in [-0.1, -0.05) is 19.1 Å². The van der Waals surface area contributed by atoms with Crippen LogP contribution in [0.1, 0.15) is 32.6 Å². The normalized spacial score (nSPS) is 25.7. The average Bonchev–Trinajstić information content (AvgIpc) is 2.06. The van der Waals surface area contributed by atoms with Crippen LogP contribution in [0.3, 0.4) is 0 Å². The fourth-order valence-corrected chi connectivity index (χ4v) is 2.87. The fourth-order valence-electron chi connectivity index (χ4n) is 1.50. The van der Waals surface area contributed by atoms with E-state index in [1.165, 1.54) is 19.3 Å². The van der Waals surface area contributed by atoms with Crippen molar-refractivity contribution in [2.45, 2.75) is 43.1 Å². The highest BCUT2D eigenvalue weighted by Gasteiger charge is 2.12. The average molecular weight is 185 g/mol. The Morgan fingerprint density at radius 3 is 3.08 bits per heavy atom. The van der Waals surface area contributed by atoms with E-state index in [0.717, 1.165) is 23.5 Å². The Kier molecular flexibility index (Phi) is 4.77. The summed E-state index contributed by atoms with van der Waals surface area (Å²) < 4.78 is 0. The zero-order valence-electron chi connectivity index (χ0n) is 7.83. The molecule has 0 spiro atoms. The van der Waals surface area contributed by atoms with Crippen LogP contribution < -0.4 is 5.73 Å². The van der Waals surface area contributed by atoms with Crippen LogP contribution in [0.15, 0.2) is 12.2 Å². The molecule has 2 N–H and O–H groups in total. The van der Waals surface area contributed by atoms with E-state index in [1.54, 1.807) is 0 Å². The Morgan fingerprint density at radius 1 is 1.67 bits per heavy atom. The van der Waals surface area contributed by atoms with Crippen molar-refractivity contribution in [1.29, 1.82) is 0 Å². The maximum atomic E-state index is 5.50. The van der Waals surface area contributed by atoms with Gasteiger partial charge in [0.1, 0.15) is 0 Å². The molecule has 0 aliphatic heterocycles. The van der Waals surface area contributed by atoms with E-state index in [-0.39, 0.29) is 0 Å². The number of rotatable bonds is 4. The minimum absolute atomic E-state index is 0.725. The molecule has 0 saturated carbocycles. The Morgan fingerprint density at radius 2 is 2.50 bits per heavy atom. The van der Waals surface area contributed by atoms with Gasteiger partial charge in [0.05, 0.1) is 0 Å². The third kappa shape index (κ3) is 3.63. The van der Waals surface area contributed by atoms with Crippen LogP contribution in [-0.4, -0.2) is 17.0 Å². The van der Waals surface area contributed by atoms with Gasteiger partial charge in [-0.15, -0.1) is 0 Å². The third-order valence-corrected chi connectivity index (χ3v) is 3.63. The largest absolute Gasteiger partial charge is 0.330 e. The summed E-state index contributed by atoms with van der Waals surface area (Å²) in [4.78, 5) is 0. The molecule has 1 nitrogen and oxygen atoms in total. The lowest BCUT2D eigenvalue weighted by molar-refractivity contribution is 0.733. The van der Waals surface area contributed by atoms with Crippen LogP contribution in [0.25, 0.3) is 0 Å². The molecule has 2 heteroatoms. The second-order valence-electron chi connectivity index (χ2n) is 3.42. The predicted octanol–water partition coefficient (Wildman–Crippen LogP) is 2.57. The second kappa shape index (κ2) is 5.65. The fraction of sp³-hybridized carbons (Fsp3) is 0.800. The summed E-state index contributed by atoms with van der Waals surface area (Å²) in [5.74, 6) is 0. The maximum absolute atomic E-state index is 5.50. The van der Waals surface area contributed by atoms with E-state index >= 15 is 0 Å². The molecule has 0 bridgehead atoms. The van der Waals surface area contributed by atoms with Crippen molar-refractivity contribution >= 4 is 11.8 Å². The number of nitrogens with two attached hydrogens (primary N) is 1. The molecule has 0 aromatic rings. The van der Waals surface area contributed by atoms with Crippen molar-refractivity contribution < 1.29 is 0 Å². The first-order valence-corrected chi connectivity index (χ1v) is 5.79. The van der Waals surface area contributed by atoms with Gasteiger partial charge < -0.3 is 5.73 Å². The molecule has 0 fully saturated rings. The Balaban J connectivity index is 2.20. The topological polar surface area (TPSA) is 26.0 Å². The van der Waals surface area contributed by atoms with E-state index < -0.39 is 0 Å². The van der Waals surface area contributed by atoms with Gasteiger partial charge in [-0.3, -0.25) is 0 Å². The lowest BCUT2D eigenvalue weighted by atomic mass is 10.1. The van der Waals surface area contributed by atoms with Gasteiger partial charge in [-0.2, -0.15) is 11.8 Å². The van der Waals surface area contributed by atoms with E-state index in [0.29, 0.717) is 0 Å². The Labute approximate surface area is 79.8 Å². The van der Waals surface area contributed by atoms with Crippen molar-refractivity contribution in [3.63, 3.8) is 0 Å². The monoisotopic (exact) mass is 185 g/mol. The van der Waals surface area contributed by atoms with E-state index in [2.05, 4.69) is 30.8 Å². The molecule has 2 unspecified atom stereocenters. The van der Waals surface area contributed by atoms with Gasteiger partial charge >= 0.3 is 0 Å². The molecule has 1 aliphatic rings. The number of hydrogen-bond donors (Lipinski definition) is 1. The number of thioether (sulfide) groups is 1. The minimum atomic E-state index is 0.725. The number of allylic oxidation sites excluding steroid dienone is 1. The summed E-state index contributed by atoms with van der Waals surface area (Å²) in [6, 6.07) is 0. The lowest BCUT2D eigenvalue weighted by Gasteiger charge is -2.19. The van der Waals surface area contributed by atoms with Crippen molar-refractivity contribution in [1.82, 2.24) is 0 Å². The van der Waals surface area contributed by atoms with E-state index in [9.17, 15) is 0 Å². The summed E-state index contributed by atoms with van der Waals surface area (Å²) in [6.07, 6.45) is 9.83. The van der Waals surface area contributed by atoms with Crippen LogP contribution in [0.4, 0.5) is 0 Å². The van der Waals surface area contributed by atoms with Gasteiger partial charge in [0.15, 0.2) is 0 Å². The van der Waals surface area contributed by atoms with Crippen LogP contribution in [0.2, 0.25) is 0 Å². The molecule has 2 atom stereocenters. The van der Waals surface area contributed by atoms with Gasteiger partial charge in [0.2, 0.25) is 0 Å². The highest BCUT2D eigenvalue weighted by atomic mass is 32.2. The van der Waals surface area contributed by atoms with E-state index in [1.807, 2.05) is 0 Å². The first kappa shape index (κ1) is 10.1. The molecular formula is C10H19NS. The molecular weight excluding hydrogens is 166 g/mol. The Hall–Kier alpha value is 0.0500. The zero-order chi connectivity index (χ0) is 8.81. The second-order valence-corrected chi connectivity index (χ2v) is 5.10. The smallest absolute Gasteiger partial charge is 0.0229 e. The summed E-state index contributed by atoms with van der Waals surface area (Å²) in [7, 11) is 0. The van der Waals surface area contributed by atoms with Gasteiger partial charge in [-0.05, 0) is 32.2 Å². The van der Waals surface area contributed by atoms with Crippen LogP contribution in [0, 0.1) is 0 Å². The molecule has 12 heavy (non-hydrogen) atoms. The zero-order valence-corrected chi connectivity index (χ0v) is 8.65. The van der Waals surface area contributed by atoms with Crippen molar-refractivity contribution in [3.05, 3.63) is 12.2 Å². The molecule has 0 aromatic carbocycles. The highest BCUT2D eigenvalue weighted by Crippen LogP contribution is 2.27. The molecule has 0 aromatic heterocycles. The standard InChI is InChI=1S/C10H19NS/c1-9(7-8-11)12-10-5-3-2-4-6-10/h3,5,9-10H,2,4,6-8,11H2,1H3. The minimum Gasteiger partial charge on any atom is -0.330 e. The summed E-state index contributed by atoms with van der Waals surface area (Å²) in [6.45, 7) is 3.10. The summed E-state index contributed by atoms with van der Waals surface area (Å²) in [5.41, 5.74) is 5.50. The third-order valence-electron chi connectivity index (χ3n) is 2.19. The first-order chi connectivity index (χ1) is 5.83. The van der Waals surface area contributed by atoms with E-state index in [4.69, 9.17) is 5.73 Å². The molecule has 1 aliphatic carbocycles. The SMILES string of the molecule is CC(CCN)SC1C=CCCC1. The first-order valence-electron chi connectivity index (χ1n) is 4.85. The molecule has 0 heterocycles. The highest BCUT2D eigenvalue weighted by molar-refractivity contribution is 8.00. The summed E-state index contributed by atoms with van der Waals surface area (Å²) >= 11 is 2.08. The van der Waals surface area contributed by atoms with Crippen LogP contribution in [0.5, 0.6) is 0 Å². The molecule has 0 radical (unpaired) electrons. The van der Waals surface area contributed by atoms with Crippen molar-refractivity contribution in [3.8, 4) is 0 Å². The van der Waals surface area contributed by atoms with Crippen molar-refractivity contribution in [2.75, 3.05) is 6.54 Å². The van der Waals surface area contributed by atoms with Gasteiger partial charge in [0.25, 0.3) is 0 Å². The lowest BCUT2D eigenvalue weighted by Crippen LogP contribution is -2.12. The van der Waals surface area contributed by atoms with Gasteiger partial charge in [-0.25, -0.2) is 0 Å². The molecule has 0 saturated heterocycles. The molecule has 70 valence electrons. The molecule has 0 amide bonds. The predicted molar refractivity (Wildman–Crippen MR) is 57.5 cm³/mol. The molecule has 1 rings (SSSR count). The Bertz CT molecular complexity index is 145. The van der Waals surface area contributed by atoms with Gasteiger partial charge in [0, 0.05) is 10.5 Å². The quantitative estimate of drug-likeness (QED) is 0.681. The van der Waals surface area contributed by atoms with Crippen molar-refractivity contribution in [2.24, 2.45) is 5.73 Å². The summed E-state index contributed by atoms with van der Waals surface area (Å²) in [5, 5.41) is 1.49. The maximum Gasteiger partial charge on any atom is 0.0229 e.